The van der Waals surface area contributed by atoms with E-state index in [0.717, 1.165) is 5.69 Å². The van der Waals surface area contributed by atoms with Crippen LogP contribution >= 0.6 is 0 Å². The summed E-state index contributed by atoms with van der Waals surface area (Å²) in [6, 6.07) is 15.7. The third-order valence-corrected chi connectivity index (χ3v) is 6.33. The average molecular weight is 375 g/mol. The maximum absolute atomic E-state index is 13.2. The molecule has 0 aliphatic rings. The summed E-state index contributed by atoms with van der Waals surface area (Å²) in [5, 5.41) is 1.92. The maximum Gasteiger partial charge on any atom is 0.222 e. The number of carbonyl (C=O) groups is 1. The molecule has 1 atom stereocenters. The molecule has 0 heterocycles. The SMILES string of the molecule is CC(C)C(=O)NC[C@@H](c1ccc(N(C)C)cc1)S(=O)(=O)c1ccccc1. The largest absolute Gasteiger partial charge is 0.378 e. The van der Waals surface area contributed by atoms with Crippen LogP contribution in [0.25, 0.3) is 0 Å². The minimum atomic E-state index is -3.64. The van der Waals surface area contributed by atoms with Crippen molar-refractivity contribution >= 4 is 21.4 Å². The van der Waals surface area contributed by atoms with E-state index >= 15 is 0 Å². The number of rotatable bonds is 7. The molecule has 1 N–H and O–H groups in total. The molecule has 140 valence electrons. The molecule has 0 aliphatic heterocycles. The molecule has 0 radical (unpaired) electrons. The highest BCUT2D eigenvalue weighted by atomic mass is 32.2. The first-order valence-corrected chi connectivity index (χ1v) is 10.1. The summed E-state index contributed by atoms with van der Waals surface area (Å²) in [5.41, 5.74) is 1.64. The third-order valence-electron chi connectivity index (χ3n) is 4.21. The molecule has 2 aromatic rings. The van der Waals surface area contributed by atoms with E-state index in [1.165, 1.54) is 0 Å². The van der Waals surface area contributed by atoms with Gasteiger partial charge in [0, 0.05) is 32.2 Å². The van der Waals surface area contributed by atoms with E-state index in [2.05, 4.69) is 5.32 Å². The number of benzene rings is 2. The van der Waals surface area contributed by atoms with Gasteiger partial charge in [0.2, 0.25) is 5.91 Å². The average Bonchev–Trinajstić information content (AvgIpc) is 2.62. The molecular formula is C20H26N2O3S. The number of anilines is 1. The Balaban J connectivity index is 2.40. The fourth-order valence-corrected chi connectivity index (χ4v) is 4.25. The lowest BCUT2D eigenvalue weighted by Gasteiger charge is -2.21. The van der Waals surface area contributed by atoms with E-state index in [1.807, 2.05) is 43.3 Å². The van der Waals surface area contributed by atoms with E-state index in [1.54, 1.807) is 44.2 Å². The molecule has 0 unspecified atom stereocenters. The van der Waals surface area contributed by atoms with Crippen molar-refractivity contribution in [2.75, 3.05) is 25.5 Å². The predicted octanol–water partition coefficient (Wildman–Crippen LogP) is 3.04. The summed E-state index contributed by atoms with van der Waals surface area (Å²) in [6.07, 6.45) is 0. The molecule has 0 saturated carbocycles. The van der Waals surface area contributed by atoms with Crippen molar-refractivity contribution in [3.05, 3.63) is 60.2 Å². The van der Waals surface area contributed by atoms with Crippen molar-refractivity contribution in [1.82, 2.24) is 5.32 Å². The number of sulfone groups is 1. The van der Waals surface area contributed by atoms with Crippen molar-refractivity contribution in [1.29, 1.82) is 0 Å². The van der Waals surface area contributed by atoms with E-state index in [9.17, 15) is 13.2 Å². The number of hydrogen-bond acceptors (Lipinski definition) is 4. The lowest BCUT2D eigenvalue weighted by atomic mass is 10.1. The van der Waals surface area contributed by atoms with E-state index in [0.29, 0.717) is 5.56 Å². The summed E-state index contributed by atoms with van der Waals surface area (Å²) >= 11 is 0. The van der Waals surface area contributed by atoms with Crippen LogP contribution in [0.2, 0.25) is 0 Å². The van der Waals surface area contributed by atoms with Gasteiger partial charge in [-0.2, -0.15) is 0 Å². The van der Waals surface area contributed by atoms with Gasteiger partial charge in [-0.25, -0.2) is 8.42 Å². The molecule has 0 aliphatic carbocycles. The Kier molecular flexibility index (Phi) is 6.42. The number of hydrogen-bond donors (Lipinski definition) is 1. The highest BCUT2D eigenvalue weighted by Crippen LogP contribution is 2.29. The van der Waals surface area contributed by atoms with Crippen molar-refractivity contribution in [3.8, 4) is 0 Å². The van der Waals surface area contributed by atoms with E-state index in [-0.39, 0.29) is 23.3 Å². The van der Waals surface area contributed by atoms with Crippen LogP contribution in [0.5, 0.6) is 0 Å². The first kappa shape index (κ1) is 20.0. The van der Waals surface area contributed by atoms with Crippen molar-refractivity contribution in [2.45, 2.75) is 24.0 Å². The van der Waals surface area contributed by atoms with Gasteiger partial charge in [-0.05, 0) is 29.8 Å². The molecule has 0 spiro atoms. The predicted molar refractivity (Wildman–Crippen MR) is 105 cm³/mol. The highest BCUT2D eigenvalue weighted by molar-refractivity contribution is 7.91. The summed E-state index contributed by atoms with van der Waals surface area (Å²) < 4.78 is 26.3. The van der Waals surface area contributed by atoms with Crippen LogP contribution in [0.4, 0.5) is 5.69 Å². The fraction of sp³-hybridized carbons (Fsp3) is 0.350. The van der Waals surface area contributed by atoms with Crippen LogP contribution in [-0.2, 0) is 14.6 Å². The molecule has 0 aromatic heterocycles. The highest BCUT2D eigenvalue weighted by Gasteiger charge is 2.29. The maximum atomic E-state index is 13.2. The molecule has 2 aromatic carbocycles. The number of amides is 1. The molecule has 2 rings (SSSR count). The Morgan fingerprint density at radius 2 is 1.58 bits per heavy atom. The Hall–Kier alpha value is -2.34. The van der Waals surface area contributed by atoms with Crippen LogP contribution in [0.1, 0.15) is 24.7 Å². The van der Waals surface area contributed by atoms with Gasteiger partial charge in [-0.1, -0.05) is 44.2 Å². The smallest absolute Gasteiger partial charge is 0.222 e. The molecule has 0 bridgehead atoms. The third kappa shape index (κ3) is 4.64. The molecule has 5 nitrogen and oxygen atoms in total. The zero-order valence-electron chi connectivity index (χ0n) is 15.6. The van der Waals surface area contributed by atoms with Crippen LogP contribution in [0.15, 0.2) is 59.5 Å². The Bertz CT molecular complexity index is 829. The monoisotopic (exact) mass is 374 g/mol. The number of carbonyl (C=O) groups excluding carboxylic acids is 1. The molecule has 0 fully saturated rings. The topological polar surface area (TPSA) is 66.5 Å². The first-order chi connectivity index (χ1) is 12.2. The quantitative estimate of drug-likeness (QED) is 0.809. The van der Waals surface area contributed by atoms with Gasteiger partial charge < -0.3 is 10.2 Å². The van der Waals surface area contributed by atoms with Gasteiger partial charge in [0.1, 0.15) is 5.25 Å². The van der Waals surface area contributed by atoms with Crippen LogP contribution < -0.4 is 10.2 Å². The van der Waals surface area contributed by atoms with Gasteiger partial charge in [0.25, 0.3) is 0 Å². The second kappa shape index (κ2) is 8.36. The Labute approximate surface area is 156 Å². The first-order valence-electron chi connectivity index (χ1n) is 8.57. The van der Waals surface area contributed by atoms with E-state index < -0.39 is 15.1 Å². The van der Waals surface area contributed by atoms with Gasteiger partial charge in [-0.15, -0.1) is 0 Å². The van der Waals surface area contributed by atoms with E-state index in [4.69, 9.17) is 0 Å². The minimum absolute atomic E-state index is 0.0373. The summed E-state index contributed by atoms with van der Waals surface area (Å²) in [7, 11) is 0.216. The molecule has 0 saturated heterocycles. The van der Waals surface area contributed by atoms with Crippen LogP contribution in [0, 0.1) is 5.92 Å². The lowest BCUT2D eigenvalue weighted by molar-refractivity contribution is -0.123. The number of nitrogens with zero attached hydrogens (tertiary/aromatic N) is 1. The molecule has 1 amide bonds. The normalized spacial score (nSPS) is 12.7. The summed E-state index contributed by atoms with van der Waals surface area (Å²) in [5.74, 6) is -0.366. The molecule has 6 heteroatoms. The van der Waals surface area contributed by atoms with Gasteiger partial charge >= 0.3 is 0 Å². The van der Waals surface area contributed by atoms with Gasteiger partial charge in [-0.3, -0.25) is 4.79 Å². The number of nitrogens with one attached hydrogen (secondary N) is 1. The van der Waals surface area contributed by atoms with Gasteiger partial charge in [0.15, 0.2) is 9.84 Å². The minimum Gasteiger partial charge on any atom is -0.378 e. The van der Waals surface area contributed by atoms with Crippen molar-refractivity contribution < 1.29 is 13.2 Å². The Morgan fingerprint density at radius 1 is 1.00 bits per heavy atom. The van der Waals surface area contributed by atoms with Crippen LogP contribution in [0.3, 0.4) is 0 Å². The Morgan fingerprint density at radius 3 is 2.08 bits per heavy atom. The van der Waals surface area contributed by atoms with Crippen LogP contribution in [-0.4, -0.2) is 35.0 Å². The molecular weight excluding hydrogens is 348 g/mol. The van der Waals surface area contributed by atoms with Crippen molar-refractivity contribution in [3.63, 3.8) is 0 Å². The summed E-state index contributed by atoms with van der Waals surface area (Å²) in [6.45, 7) is 3.60. The molecule has 26 heavy (non-hydrogen) atoms. The summed E-state index contributed by atoms with van der Waals surface area (Å²) in [4.78, 5) is 14.2. The second-order valence-electron chi connectivity index (χ2n) is 6.73. The van der Waals surface area contributed by atoms with Gasteiger partial charge in [0.05, 0.1) is 4.90 Å². The second-order valence-corrected chi connectivity index (χ2v) is 8.86. The zero-order valence-corrected chi connectivity index (χ0v) is 16.5. The standard InChI is InChI=1S/C20H26N2O3S/c1-15(2)20(23)21-14-19(16-10-12-17(13-11-16)22(3)4)26(24,25)18-8-6-5-7-9-18/h5-13,15,19H,14H2,1-4H3,(H,21,23)/t19-/m0/s1. The van der Waals surface area contributed by atoms with Crippen molar-refractivity contribution in [2.24, 2.45) is 5.92 Å². The fourth-order valence-electron chi connectivity index (χ4n) is 2.57. The lowest BCUT2D eigenvalue weighted by Crippen LogP contribution is -2.34. The zero-order chi connectivity index (χ0) is 19.3.